The molecule has 4 heterocycles. The first-order valence-corrected chi connectivity index (χ1v) is 31.5. The van der Waals surface area contributed by atoms with Crippen LogP contribution in [0.3, 0.4) is 0 Å². The molecule has 0 amide bonds. The van der Waals surface area contributed by atoms with Crippen LogP contribution < -0.4 is 26.2 Å². The van der Waals surface area contributed by atoms with E-state index >= 15 is 0 Å². The maximum atomic E-state index is 2.63. The van der Waals surface area contributed by atoms with E-state index in [0.29, 0.717) is 0 Å². The lowest BCUT2D eigenvalue weighted by molar-refractivity contribution is 1.15. The highest BCUT2D eigenvalue weighted by atomic mass is 15.2. The van der Waals surface area contributed by atoms with Gasteiger partial charge in [0.05, 0.1) is 39.1 Å². The number of fused-ring (bicyclic) bond motifs is 12. The van der Waals surface area contributed by atoms with Gasteiger partial charge in [0, 0.05) is 61.1 Å². The smallest absolute Gasteiger partial charge is 0.252 e. The molecule has 2 aliphatic heterocycles. The van der Waals surface area contributed by atoms with E-state index < -0.39 is 0 Å². The third kappa shape index (κ3) is 7.71. The minimum atomic E-state index is -0.197. The molecule has 4 nitrogen and oxygen atoms in total. The lowest BCUT2D eigenvalue weighted by atomic mass is 9.33. The highest BCUT2D eigenvalue weighted by molar-refractivity contribution is 7.00. The van der Waals surface area contributed by atoms with Crippen LogP contribution in [-0.4, -0.2) is 15.8 Å². The fraction of sp³-hybridized carbons (Fsp3) is 0. The summed E-state index contributed by atoms with van der Waals surface area (Å²) in [6.07, 6.45) is 0. The molecule has 91 heavy (non-hydrogen) atoms. The average Bonchev–Trinajstić information content (AvgIpc) is 0.757. The maximum absolute atomic E-state index is 2.63. The quantitative estimate of drug-likeness (QED) is 0.111. The summed E-state index contributed by atoms with van der Waals surface area (Å²) in [7, 11) is 0. The number of rotatable bonds is 8. The predicted molar refractivity (Wildman–Crippen MR) is 386 cm³/mol. The first-order valence-electron chi connectivity index (χ1n) is 31.5. The van der Waals surface area contributed by atoms with Gasteiger partial charge in [-0.15, -0.1) is 0 Å². The highest BCUT2D eigenvalue weighted by Crippen LogP contribution is 2.52. The summed E-state index contributed by atoms with van der Waals surface area (Å²) in [5, 5.41) is 9.80. The van der Waals surface area contributed by atoms with Crippen LogP contribution in [0.25, 0.3) is 121 Å². The minimum Gasteiger partial charge on any atom is -0.311 e. The van der Waals surface area contributed by atoms with Gasteiger partial charge in [-0.25, -0.2) is 0 Å². The molecule has 0 radical (unpaired) electrons. The van der Waals surface area contributed by atoms with Crippen LogP contribution in [0.1, 0.15) is 0 Å². The van der Waals surface area contributed by atoms with Crippen LogP contribution in [0.5, 0.6) is 0 Å². The zero-order valence-electron chi connectivity index (χ0n) is 49.6. The third-order valence-corrected chi connectivity index (χ3v) is 19.5. The summed E-state index contributed by atoms with van der Waals surface area (Å²) in [4.78, 5) is 5.25. The molecule has 2 aliphatic rings. The zero-order valence-corrected chi connectivity index (χ0v) is 49.6. The Balaban J connectivity index is 0.971. The van der Waals surface area contributed by atoms with Crippen LogP contribution in [0.15, 0.2) is 334 Å². The number of para-hydroxylation sites is 6. The van der Waals surface area contributed by atoms with E-state index in [-0.39, 0.29) is 6.71 Å². The van der Waals surface area contributed by atoms with Gasteiger partial charge in [-0.3, -0.25) is 0 Å². The van der Waals surface area contributed by atoms with Gasteiger partial charge in [0.1, 0.15) is 0 Å². The van der Waals surface area contributed by atoms with E-state index in [1.165, 1.54) is 87.2 Å². The molecule has 0 unspecified atom stereocenters. The second-order valence-electron chi connectivity index (χ2n) is 24.2. The first-order chi connectivity index (χ1) is 45.2. The van der Waals surface area contributed by atoms with Crippen molar-refractivity contribution >= 4 is 122 Å². The van der Waals surface area contributed by atoms with Gasteiger partial charge < -0.3 is 18.9 Å². The molecule has 17 aromatic rings. The number of aromatic nitrogens is 2. The lowest BCUT2D eigenvalue weighted by Gasteiger charge is -2.45. The number of benzene rings is 15. The minimum absolute atomic E-state index is 0.197. The van der Waals surface area contributed by atoms with E-state index in [1.807, 2.05) is 0 Å². The Morgan fingerprint density at radius 2 is 0.538 bits per heavy atom. The van der Waals surface area contributed by atoms with E-state index in [4.69, 9.17) is 0 Å². The van der Waals surface area contributed by atoms with Crippen LogP contribution in [0, 0.1) is 0 Å². The molecule has 15 aromatic carbocycles. The summed E-state index contributed by atoms with van der Waals surface area (Å²) < 4.78 is 4.99. The van der Waals surface area contributed by atoms with Crippen molar-refractivity contribution in [2.75, 3.05) is 9.80 Å². The SMILES string of the molecule is c1ccc(-c2ccccc2N2c3cc(-c4c5ccccc5c(-c5ccccc5)c5ccccc45)ccc3B3c4ccc(-n5c6ccccc6c6ccccc65)cc4N(c4ccccc4-c4ccccc4)c4cc(-n5c6ccccc6c6ccccc65)cc2c43)cc1. The molecule has 0 N–H and O–H groups in total. The largest absolute Gasteiger partial charge is 0.311 e. The second kappa shape index (κ2) is 20.3. The van der Waals surface area contributed by atoms with Crippen molar-refractivity contribution in [3.8, 4) is 55.9 Å². The van der Waals surface area contributed by atoms with Gasteiger partial charge in [-0.2, -0.15) is 0 Å². The Morgan fingerprint density at radius 3 is 0.989 bits per heavy atom. The maximum Gasteiger partial charge on any atom is 0.252 e. The Labute approximate surface area is 527 Å². The second-order valence-corrected chi connectivity index (χ2v) is 24.2. The van der Waals surface area contributed by atoms with Crippen molar-refractivity contribution < 1.29 is 0 Å². The molecule has 0 saturated carbocycles. The number of anilines is 6. The van der Waals surface area contributed by atoms with Gasteiger partial charge in [0.2, 0.25) is 0 Å². The zero-order chi connectivity index (χ0) is 59.7. The Kier molecular flexibility index (Phi) is 11.4. The van der Waals surface area contributed by atoms with E-state index in [0.717, 1.165) is 84.3 Å². The summed E-state index contributed by atoms with van der Waals surface area (Å²) in [5.74, 6) is 0. The van der Waals surface area contributed by atoms with Crippen LogP contribution in [0.2, 0.25) is 0 Å². The first kappa shape index (κ1) is 51.2. The molecule has 0 atom stereocenters. The Bertz CT molecular complexity index is 5640. The summed E-state index contributed by atoms with van der Waals surface area (Å²) >= 11 is 0. The lowest BCUT2D eigenvalue weighted by Crippen LogP contribution is -2.61. The predicted octanol–water partition coefficient (Wildman–Crippen LogP) is 20.9. The molecule has 0 saturated heterocycles. The number of hydrogen-bond acceptors (Lipinski definition) is 2. The Hall–Kier alpha value is -11.9. The molecule has 0 bridgehead atoms. The van der Waals surface area contributed by atoms with Crippen molar-refractivity contribution in [1.82, 2.24) is 9.13 Å². The molecular formula is C86H55BN4. The number of hydrogen-bond donors (Lipinski definition) is 0. The normalized spacial score (nSPS) is 12.5. The van der Waals surface area contributed by atoms with Gasteiger partial charge in [-0.05, 0) is 138 Å². The van der Waals surface area contributed by atoms with E-state index in [1.54, 1.807) is 0 Å². The van der Waals surface area contributed by atoms with Gasteiger partial charge >= 0.3 is 0 Å². The van der Waals surface area contributed by atoms with Crippen molar-refractivity contribution in [2.24, 2.45) is 0 Å². The van der Waals surface area contributed by atoms with Crippen molar-refractivity contribution in [3.63, 3.8) is 0 Å². The molecule has 422 valence electrons. The fourth-order valence-electron chi connectivity index (χ4n) is 15.7. The van der Waals surface area contributed by atoms with Crippen molar-refractivity contribution in [1.29, 1.82) is 0 Å². The molecular weight excluding hydrogens is 1100 g/mol. The molecule has 0 aliphatic carbocycles. The van der Waals surface area contributed by atoms with E-state index in [9.17, 15) is 0 Å². The third-order valence-electron chi connectivity index (χ3n) is 19.5. The summed E-state index contributed by atoms with van der Waals surface area (Å²) in [5.41, 5.74) is 26.7. The van der Waals surface area contributed by atoms with Crippen molar-refractivity contribution in [2.45, 2.75) is 0 Å². The topological polar surface area (TPSA) is 16.3 Å². The molecule has 19 rings (SSSR count). The molecule has 5 heteroatoms. The molecule has 0 spiro atoms. The van der Waals surface area contributed by atoms with Crippen LogP contribution in [0.4, 0.5) is 34.1 Å². The average molecular weight is 1160 g/mol. The van der Waals surface area contributed by atoms with Gasteiger partial charge in [0.25, 0.3) is 6.71 Å². The van der Waals surface area contributed by atoms with Crippen molar-refractivity contribution in [3.05, 3.63) is 334 Å². The van der Waals surface area contributed by atoms with Gasteiger partial charge in [-0.1, -0.05) is 267 Å². The van der Waals surface area contributed by atoms with Crippen LogP contribution in [-0.2, 0) is 0 Å². The number of nitrogens with zero attached hydrogens (tertiary/aromatic N) is 4. The van der Waals surface area contributed by atoms with E-state index in [2.05, 4.69) is 353 Å². The van der Waals surface area contributed by atoms with Gasteiger partial charge in [0.15, 0.2) is 0 Å². The fourth-order valence-corrected chi connectivity index (χ4v) is 15.7. The molecule has 0 fully saturated rings. The summed E-state index contributed by atoms with van der Waals surface area (Å²) in [6, 6.07) is 124. The Morgan fingerprint density at radius 1 is 0.209 bits per heavy atom. The van der Waals surface area contributed by atoms with Crippen LogP contribution >= 0.6 is 0 Å². The standard InChI is InChI=1S/C86H55BN4/c1-4-26-56(27-5-1)62-32-14-20-42-74(62)90-80-52-59(85-70-40-12-10-38-68(70)84(58-30-8-3-9-31-58)69-39-11-13-41-71(69)85)48-50-72(80)87-73-51-49-60(88-76-44-22-16-34-64(76)65-35-17-23-45-77(65)88)53-81(73)91(75-43-21-15-33-63(75)57-28-6-2-7-29-57)83-55-61(54-82(90)86(83)87)89-78-46-24-18-36-66(78)67-37-19-25-47-79(67)89/h1-55H. The highest BCUT2D eigenvalue weighted by Gasteiger charge is 2.45. The molecule has 2 aromatic heterocycles. The monoisotopic (exact) mass is 1150 g/mol. The summed E-state index contributed by atoms with van der Waals surface area (Å²) in [6.45, 7) is -0.197.